The van der Waals surface area contributed by atoms with Gasteiger partial charge in [0.15, 0.2) is 0 Å². The lowest BCUT2D eigenvalue weighted by Crippen LogP contribution is -2.44. The molecule has 0 heterocycles. The number of hydrogen-bond donors (Lipinski definition) is 3. The first-order chi connectivity index (χ1) is 12.3. The number of aromatic hydroxyl groups is 1. The van der Waals surface area contributed by atoms with Crippen molar-refractivity contribution < 1.29 is 15.0 Å². The average Bonchev–Trinajstić information content (AvgIpc) is 2.65. The van der Waals surface area contributed by atoms with Crippen molar-refractivity contribution >= 4 is 5.91 Å². The summed E-state index contributed by atoms with van der Waals surface area (Å²) in [7, 11) is 0. The summed E-state index contributed by atoms with van der Waals surface area (Å²) in [6.45, 7) is 6.89. The molecule has 0 saturated carbocycles. The van der Waals surface area contributed by atoms with Crippen molar-refractivity contribution in [3.05, 3.63) is 65.2 Å². The van der Waals surface area contributed by atoms with E-state index >= 15 is 0 Å². The second-order valence-electron chi connectivity index (χ2n) is 7.65. The van der Waals surface area contributed by atoms with Gasteiger partial charge >= 0.3 is 0 Å². The van der Waals surface area contributed by atoms with E-state index in [0.29, 0.717) is 12.1 Å². The zero-order valence-corrected chi connectivity index (χ0v) is 15.6. The number of rotatable bonds is 4. The highest BCUT2D eigenvalue weighted by Crippen LogP contribution is 2.51. The minimum absolute atomic E-state index is 0.0816. The van der Waals surface area contributed by atoms with Crippen LogP contribution in [0.3, 0.4) is 0 Å². The van der Waals surface area contributed by atoms with Gasteiger partial charge in [0, 0.05) is 12.1 Å². The maximum absolute atomic E-state index is 12.3. The molecule has 0 spiro atoms. The highest BCUT2D eigenvalue weighted by molar-refractivity contribution is 5.94. The van der Waals surface area contributed by atoms with Gasteiger partial charge in [-0.05, 0) is 59.1 Å². The molecule has 0 aromatic heterocycles. The van der Waals surface area contributed by atoms with Crippen molar-refractivity contribution in [1.82, 2.24) is 5.32 Å². The summed E-state index contributed by atoms with van der Waals surface area (Å²) in [5, 5.41) is 23.6. The van der Waals surface area contributed by atoms with E-state index in [9.17, 15) is 15.0 Å². The second-order valence-corrected chi connectivity index (χ2v) is 7.65. The van der Waals surface area contributed by atoms with E-state index in [-0.39, 0.29) is 28.9 Å². The molecule has 3 rings (SSSR count). The van der Waals surface area contributed by atoms with E-state index in [2.05, 4.69) is 26.1 Å². The topological polar surface area (TPSA) is 69.6 Å². The van der Waals surface area contributed by atoms with Crippen molar-refractivity contribution in [1.29, 1.82) is 0 Å². The third kappa shape index (κ3) is 3.21. The highest BCUT2D eigenvalue weighted by Gasteiger charge is 2.45. The Morgan fingerprint density at radius 1 is 1.15 bits per heavy atom. The van der Waals surface area contributed by atoms with Gasteiger partial charge in [0.05, 0.1) is 6.10 Å². The number of carbonyl (C=O) groups excluding carboxylic acids is 1. The Bertz CT molecular complexity index is 789. The Hall–Kier alpha value is -2.33. The number of aliphatic hydroxyl groups excluding tert-OH is 1. The Morgan fingerprint density at radius 3 is 2.54 bits per heavy atom. The van der Waals surface area contributed by atoms with Crippen LogP contribution >= 0.6 is 0 Å². The van der Waals surface area contributed by atoms with E-state index < -0.39 is 6.10 Å². The molecule has 0 fully saturated rings. The molecule has 3 N–H and O–H groups in total. The summed E-state index contributed by atoms with van der Waals surface area (Å²) in [5.74, 6) is 0.432. The Morgan fingerprint density at radius 2 is 1.85 bits per heavy atom. The van der Waals surface area contributed by atoms with Gasteiger partial charge < -0.3 is 15.5 Å². The lowest BCUT2D eigenvalue weighted by Gasteiger charge is -2.47. The molecule has 0 aliphatic heterocycles. The fourth-order valence-electron chi connectivity index (χ4n) is 4.17. The Balaban J connectivity index is 1.80. The van der Waals surface area contributed by atoms with Gasteiger partial charge in [0.25, 0.3) is 5.91 Å². The van der Waals surface area contributed by atoms with Gasteiger partial charge in [0.2, 0.25) is 0 Å². The van der Waals surface area contributed by atoms with E-state index in [1.54, 1.807) is 24.3 Å². The van der Waals surface area contributed by atoms with Crippen molar-refractivity contribution in [2.45, 2.75) is 38.7 Å². The SMILES string of the molecule is C[C@@H]1[C@@H](O)c2ccc(O)cc2[C@](C)(CCNC(=O)c2ccccc2)[C@H]1C. The molecular formula is C22H27NO3. The van der Waals surface area contributed by atoms with Crippen molar-refractivity contribution in [2.24, 2.45) is 11.8 Å². The van der Waals surface area contributed by atoms with Crippen molar-refractivity contribution in [3.63, 3.8) is 0 Å². The van der Waals surface area contributed by atoms with Gasteiger partial charge in [-0.15, -0.1) is 0 Å². The number of hydrogen-bond acceptors (Lipinski definition) is 3. The molecule has 0 saturated heterocycles. The molecule has 1 amide bonds. The number of phenols is 1. The third-order valence-corrected chi connectivity index (χ3v) is 6.23. The Labute approximate surface area is 154 Å². The lowest BCUT2D eigenvalue weighted by molar-refractivity contribution is 0.0368. The fourth-order valence-corrected chi connectivity index (χ4v) is 4.17. The number of fused-ring (bicyclic) bond motifs is 1. The van der Waals surface area contributed by atoms with Crippen LogP contribution in [0.4, 0.5) is 0 Å². The number of carbonyl (C=O) groups is 1. The van der Waals surface area contributed by atoms with Crippen molar-refractivity contribution in [3.8, 4) is 5.75 Å². The molecule has 4 atom stereocenters. The first-order valence-corrected chi connectivity index (χ1v) is 9.19. The summed E-state index contributed by atoms with van der Waals surface area (Å²) in [6.07, 6.45) is 0.202. The molecule has 0 bridgehead atoms. The minimum Gasteiger partial charge on any atom is -0.508 e. The van der Waals surface area contributed by atoms with E-state index in [0.717, 1.165) is 17.5 Å². The number of amides is 1. The molecule has 2 aromatic rings. The smallest absolute Gasteiger partial charge is 0.251 e. The van der Waals surface area contributed by atoms with Crippen LogP contribution in [0.25, 0.3) is 0 Å². The van der Waals surface area contributed by atoms with Crippen LogP contribution < -0.4 is 5.32 Å². The first-order valence-electron chi connectivity index (χ1n) is 9.19. The third-order valence-electron chi connectivity index (χ3n) is 6.23. The molecule has 138 valence electrons. The van der Waals surface area contributed by atoms with Crippen LogP contribution in [0.1, 0.15) is 54.8 Å². The van der Waals surface area contributed by atoms with E-state index in [1.165, 1.54) is 0 Å². The van der Waals surface area contributed by atoms with Crippen LogP contribution in [-0.2, 0) is 5.41 Å². The first kappa shape index (κ1) is 18.5. The fraction of sp³-hybridized carbons (Fsp3) is 0.409. The maximum atomic E-state index is 12.3. The number of nitrogens with one attached hydrogen (secondary N) is 1. The van der Waals surface area contributed by atoms with Crippen LogP contribution in [0.5, 0.6) is 5.75 Å². The molecule has 4 heteroatoms. The van der Waals surface area contributed by atoms with Gasteiger partial charge in [-0.3, -0.25) is 4.79 Å². The van der Waals surface area contributed by atoms with E-state index in [1.807, 2.05) is 24.3 Å². The summed E-state index contributed by atoms with van der Waals surface area (Å²) in [4.78, 5) is 12.3. The molecule has 0 radical (unpaired) electrons. The maximum Gasteiger partial charge on any atom is 0.251 e. The van der Waals surface area contributed by atoms with Crippen LogP contribution in [-0.4, -0.2) is 22.7 Å². The zero-order valence-electron chi connectivity index (χ0n) is 15.6. The second kappa shape index (κ2) is 7.12. The molecule has 0 unspecified atom stereocenters. The molecule has 1 aliphatic rings. The predicted octanol–water partition coefficient (Wildman–Crippen LogP) is 3.79. The largest absolute Gasteiger partial charge is 0.508 e. The molecule has 4 nitrogen and oxygen atoms in total. The highest BCUT2D eigenvalue weighted by atomic mass is 16.3. The predicted molar refractivity (Wildman–Crippen MR) is 102 cm³/mol. The lowest BCUT2D eigenvalue weighted by atomic mass is 9.59. The zero-order chi connectivity index (χ0) is 18.9. The normalized spacial score (nSPS) is 27.6. The summed E-state index contributed by atoms with van der Waals surface area (Å²) in [6, 6.07) is 14.4. The van der Waals surface area contributed by atoms with E-state index in [4.69, 9.17) is 0 Å². The van der Waals surface area contributed by atoms with Crippen LogP contribution in [0.2, 0.25) is 0 Å². The monoisotopic (exact) mass is 353 g/mol. The average molecular weight is 353 g/mol. The van der Waals surface area contributed by atoms with Gasteiger partial charge in [-0.25, -0.2) is 0 Å². The Kier molecular flexibility index (Phi) is 5.05. The van der Waals surface area contributed by atoms with Gasteiger partial charge in [0.1, 0.15) is 5.75 Å². The van der Waals surface area contributed by atoms with Gasteiger partial charge in [-0.2, -0.15) is 0 Å². The quantitative estimate of drug-likeness (QED) is 0.783. The van der Waals surface area contributed by atoms with Crippen molar-refractivity contribution in [2.75, 3.05) is 6.54 Å². The van der Waals surface area contributed by atoms with Crippen LogP contribution in [0, 0.1) is 11.8 Å². The molecular weight excluding hydrogens is 326 g/mol. The molecule has 2 aromatic carbocycles. The molecule has 1 aliphatic carbocycles. The molecule has 26 heavy (non-hydrogen) atoms. The number of aliphatic hydroxyl groups is 1. The minimum atomic E-state index is -0.535. The summed E-state index contributed by atoms with van der Waals surface area (Å²) >= 11 is 0. The standard InChI is InChI=1S/C22H27NO3/c1-14-15(2)22(3,19-13-17(24)9-10-18(19)20(14)25)11-12-23-21(26)16-7-5-4-6-8-16/h4-10,13-15,20,24-25H,11-12H2,1-3H3,(H,23,26)/t14-,15-,20+,22+/m0/s1. The summed E-state index contributed by atoms with van der Waals surface area (Å²) in [5.41, 5.74) is 2.27. The number of benzene rings is 2. The number of phenolic OH excluding ortho intramolecular Hbond substituents is 1. The summed E-state index contributed by atoms with van der Waals surface area (Å²) < 4.78 is 0. The van der Waals surface area contributed by atoms with Crippen LogP contribution in [0.15, 0.2) is 48.5 Å². The van der Waals surface area contributed by atoms with Gasteiger partial charge in [-0.1, -0.05) is 45.0 Å².